The molecule has 0 aliphatic rings. The van der Waals surface area contributed by atoms with Crippen LogP contribution in [0.2, 0.25) is 0 Å². The van der Waals surface area contributed by atoms with Crippen molar-refractivity contribution in [3.63, 3.8) is 0 Å². The van der Waals surface area contributed by atoms with Gasteiger partial charge in [0.1, 0.15) is 6.04 Å². The van der Waals surface area contributed by atoms with Crippen LogP contribution in [0.5, 0.6) is 0 Å². The number of carboxylic acid groups (broad SMARTS) is 2. The number of hydrogen-bond donors (Lipinski definition) is 4. The monoisotopic (exact) mass is 232 g/mol. The van der Waals surface area contributed by atoms with Crippen molar-refractivity contribution in [3.05, 3.63) is 0 Å². The lowest BCUT2D eigenvalue weighted by atomic mass is 10.1. The van der Waals surface area contributed by atoms with E-state index in [1.54, 1.807) is 6.92 Å². The summed E-state index contributed by atoms with van der Waals surface area (Å²) in [4.78, 5) is 32.0. The summed E-state index contributed by atoms with van der Waals surface area (Å²) in [5.41, 5.74) is 0. The number of hydrogen-bond acceptors (Lipinski definition) is 3. The predicted octanol–water partition coefficient (Wildman–Crippen LogP) is 0.0136. The molecule has 0 aliphatic heterocycles. The van der Waals surface area contributed by atoms with Gasteiger partial charge in [-0.05, 0) is 19.8 Å². The third-order valence-corrected chi connectivity index (χ3v) is 1.82. The molecule has 0 fully saturated rings. The molecule has 0 aromatic heterocycles. The van der Waals surface area contributed by atoms with Gasteiger partial charge in [0.25, 0.3) is 0 Å². The second-order valence-corrected chi connectivity index (χ2v) is 3.18. The summed E-state index contributed by atoms with van der Waals surface area (Å²) >= 11 is 0. The zero-order chi connectivity index (χ0) is 12.6. The lowest BCUT2D eigenvalue weighted by Crippen LogP contribution is -2.45. The van der Waals surface area contributed by atoms with Crippen molar-refractivity contribution in [3.8, 4) is 0 Å². The van der Waals surface area contributed by atoms with E-state index in [0.29, 0.717) is 6.54 Å². The Labute approximate surface area is 92.8 Å². The van der Waals surface area contributed by atoms with Gasteiger partial charge in [-0.3, -0.25) is 4.79 Å². The summed E-state index contributed by atoms with van der Waals surface area (Å²) in [6.45, 7) is 2.10. The van der Waals surface area contributed by atoms with Crippen molar-refractivity contribution >= 4 is 18.0 Å². The first-order valence-corrected chi connectivity index (χ1v) is 4.96. The third-order valence-electron chi connectivity index (χ3n) is 1.82. The molecule has 1 atom stereocenters. The van der Waals surface area contributed by atoms with Gasteiger partial charge < -0.3 is 20.8 Å². The first-order chi connectivity index (χ1) is 7.47. The largest absolute Gasteiger partial charge is 0.481 e. The maximum atomic E-state index is 11.1. The van der Waals surface area contributed by atoms with E-state index in [2.05, 4.69) is 10.6 Å². The van der Waals surface area contributed by atoms with Crippen LogP contribution in [0.4, 0.5) is 4.79 Å². The minimum absolute atomic E-state index is 0.0960. The fourth-order valence-electron chi connectivity index (χ4n) is 1.08. The van der Waals surface area contributed by atoms with Crippen LogP contribution in [0.1, 0.15) is 26.2 Å². The molecular weight excluding hydrogens is 216 g/mol. The Bertz CT molecular complexity index is 267. The number of aliphatic carboxylic acids is 2. The van der Waals surface area contributed by atoms with E-state index in [1.165, 1.54) is 0 Å². The molecule has 7 nitrogen and oxygen atoms in total. The van der Waals surface area contributed by atoms with Crippen molar-refractivity contribution in [2.45, 2.75) is 32.2 Å². The van der Waals surface area contributed by atoms with Gasteiger partial charge in [0.2, 0.25) is 0 Å². The molecule has 0 aromatic rings. The topological polar surface area (TPSA) is 116 Å². The van der Waals surface area contributed by atoms with Crippen molar-refractivity contribution in [1.82, 2.24) is 10.6 Å². The van der Waals surface area contributed by atoms with E-state index in [4.69, 9.17) is 10.2 Å². The molecule has 2 amide bonds. The molecule has 7 heteroatoms. The van der Waals surface area contributed by atoms with Gasteiger partial charge in [-0.1, -0.05) is 0 Å². The second-order valence-electron chi connectivity index (χ2n) is 3.18. The van der Waals surface area contributed by atoms with Crippen molar-refractivity contribution in [2.75, 3.05) is 6.54 Å². The summed E-state index contributed by atoms with van der Waals surface area (Å²) in [6, 6.07) is -1.61. The maximum absolute atomic E-state index is 11.1. The predicted molar refractivity (Wildman–Crippen MR) is 55.1 cm³/mol. The number of rotatable bonds is 7. The summed E-state index contributed by atoms with van der Waals surface area (Å²) in [5.74, 6) is -2.15. The molecule has 0 aliphatic carbocycles. The minimum atomic E-state index is -1.17. The number of carbonyl (C=O) groups is 3. The standard InChI is InChI=1S/C9H16N2O5/c1-2-10-9(16)11-6(8(14)15)4-3-5-7(12)13/h6H,2-5H2,1H3,(H,12,13)(H,14,15)(H2,10,11,16)/t6-/m1/s1. The Kier molecular flexibility index (Phi) is 6.66. The first kappa shape index (κ1) is 14.2. The molecule has 92 valence electrons. The van der Waals surface area contributed by atoms with Gasteiger partial charge in [-0.25, -0.2) is 9.59 Å². The third kappa shape index (κ3) is 6.63. The zero-order valence-electron chi connectivity index (χ0n) is 9.02. The van der Waals surface area contributed by atoms with Gasteiger partial charge in [0.15, 0.2) is 0 Å². The Morgan fingerprint density at radius 2 is 1.88 bits per heavy atom. The van der Waals surface area contributed by atoms with Crippen molar-refractivity contribution < 1.29 is 24.6 Å². The molecule has 0 rings (SSSR count). The van der Waals surface area contributed by atoms with Crippen LogP contribution < -0.4 is 10.6 Å². The lowest BCUT2D eigenvalue weighted by Gasteiger charge is -2.13. The van der Waals surface area contributed by atoms with Crippen LogP contribution in [0.25, 0.3) is 0 Å². The van der Waals surface area contributed by atoms with E-state index in [0.717, 1.165) is 0 Å². The molecule has 0 heterocycles. The van der Waals surface area contributed by atoms with Crippen LogP contribution in [-0.4, -0.2) is 40.8 Å². The fraction of sp³-hybridized carbons (Fsp3) is 0.667. The van der Waals surface area contributed by atoms with Crippen LogP contribution in [0.3, 0.4) is 0 Å². The van der Waals surface area contributed by atoms with Gasteiger partial charge in [-0.15, -0.1) is 0 Å². The highest BCUT2D eigenvalue weighted by Gasteiger charge is 2.19. The molecular formula is C9H16N2O5. The second kappa shape index (κ2) is 7.49. The van der Waals surface area contributed by atoms with Crippen LogP contribution in [0, 0.1) is 0 Å². The summed E-state index contributed by atoms with van der Waals surface area (Å²) < 4.78 is 0. The number of urea groups is 1. The Morgan fingerprint density at radius 1 is 1.25 bits per heavy atom. The van der Waals surface area contributed by atoms with Crippen LogP contribution in [-0.2, 0) is 9.59 Å². The SMILES string of the molecule is CCNC(=O)N[C@H](CCCC(=O)O)C(=O)O. The van der Waals surface area contributed by atoms with Gasteiger partial charge in [0.05, 0.1) is 0 Å². The van der Waals surface area contributed by atoms with Crippen LogP contribution >= 0.6 is 0 Å². The molecule has 0 aromatic carbocycles. The van der Waals surface area contributed by atoms with Gasteiger partial charge in [-0.2, -0.15) is 0 Å². The average Bonchev–Trinajstić information content (AvgIpc) is 2.15. The quantitative estimate of drug-likeness (QED) is 0.493. The highest BCUT2D eigenvalue weighted by molar-refractivity contribution is 5.82. The van der Waals surface area contributed by atoms with Crippen LogP contribution in [0.15, 0.2) is 0 Å². The van der Waals surface area contributed by atoms with Gasteiger partial charge in [0, 0.05) is 13.0 Å². The molecule has 4 N–H and O–H groups in total. The average molecular weight is 232 g/mol. The number of carbonyl (C=O) groups excluding carboxylic acids is 1. The minimum Gasteiger partial charge on any atom is -0.481 e. The van der Waals surface area contributed by atoms with E-state index >= 15 is 0 Å². The number of amides is 2. The Morgan fingerprint density at radius 3 is 2.31 bits per heavy atom. The molecule has 16 heavy (non-hydrogen) atoms. The van der Waals surface area contributed by atoms with E-state index in [1.807, 2.05) is 0 Å². The Hall–Kier alpha value is -1.79. The molecule has 0 bridgehead atoms. The summed E-state index contributed by atoms with van der Waals surface area (Å²) in [6.07, 6.45) is 0.193. The molecule has 0 radical (unpaired) electrons. The summed E-state index contributed by atoms with van der Waals surface area (Å²) in [5, 5.41) is 21.8. The molecule has 0 spiro atoms. The maximum Gasteiger partial charge on any atom is 0.326 e. The highest BCUT2D eigenvalue weighted by Crippen LogP contribution is 2.01. The lowest BCUT2D eigenvalue weighted by molar-refractivity contribution is -0.140. The smallest absolute Gasteiger partial charge is 0.326 e. The first-order valence-electron chi connectivity index (χ1n) is 4.96. The van der Waals surface area contributed by atoms with E-state index in [-0.39, 0.29) is 19.3 Å². The van der Waals surface area contributed by atoms with Crippen molar-refractivity contribution in [2.24, 2.45) is 0 Å². The number of nitrogens with one attached hydrogen (secondary N) is 2. The number of carboxylic acids is 2. The molecule has 0 saturated heterocycles. The Balaban J connectivity index is 4.02. The zero-order valence-corrected chi connectivity index (χ0v) is 9.02. The highest BCUT2D eigenvalue weighted by atomic mass is 16.4. The normalized spacial score (nSPS) is 11.6. The van der Waals surface area contributed by atoms with E-state index < -0.39 is 24.0 Å². The summed E-state index contributed by atoms with van der Waals surface area (Å²) in [7, 11) is 0. The van der Waals surface area contributed by atoms with Gasteiger partial charge >= 0.3 is 18.0 Å². The fourth-order valence-corrected chi connectivity index (χ4v) is 1.08. The van der Waals surface area contributed by atoms with E-state index in [9.17, 15) is 14.4 Å². The molecule has 0 saturated carbocycles. The van der Waals surface area contributed by atoms with Crippen molar-refractivity contribution in [1.29, 1.82) is 0 Å². The molecule has 0 unspecified atom stereocenters.